The van der Waals surface area contributed by atoms with Crippen LogP contribution in [0.1, 0.15) is 29.7 Å². The highest BCUT2D eigenvalue weighted by Gasteiger charge is 2.47. The second-order valence-corrected chi connectivity index (χ2v) is 9.67. The Morgan fingerprint density at radius 1 is 1.05 bits per heavy atom. The molecule has 0 atom stereocenters. The van der Waals surface area contributed by atoms with Crippen LogP contribution in [0.4, 0.5) is 23.7 Å². The summed E-state index contributed by atoms with van der Waals surface area (Å²) in [5, 5.41) is 0. The van der Waals surface area contributed by atoms with Crippen LogP contribution < -0.4 is 4.74 Å². The lowest BCUT2D eigenvalue weighted by Crippen LogP contribution is -2.46. The standard InChI is InChI=1S/C27H26F3N5O3/c1-31-22-7-5-20(6-8-22)15-35-19-32-14-23(35)17-33-11-9-26(10-12-33)18-34(25(36)38-26)16-21-3-2-4-24(13-21)37-27(28,29)30/h2-8,13-14,19H,9-12,15-18H2. The van der Waals surface area contributed by atoms with Crippen LogP contribution in [0.3, 0.4) is 0 Å². The molecule has 0 radical (unpaired) electrons. The summed E-state index contributed by atoms with van der Waals surface area (Å²) < 4.78 is 49.5. The van der Waals surface area contributed by atoms with Gasteiger partial charge in [-0.2, -0.15) is 0 Å². The molecule has 0 aliphatic carbocycles. The zero-order valence-corrected chi connectivity index (χ0v) is 20.5. The minimum atomic E-state index is -4.77. The van der Waals surface area contributed by atoms with Gasteiger partial charge in [-0.15, -0.1) is 13.2 Å². The van der Waals surface area contributed by atoms with Crippen molar-refractivity contribution in [2.75, 3.05) is 19.6 Å². The summed E-state index contributed by atoms with van der Waals surface area (Å²) in [5.41, 5.74) is 2.70. The summed E-state index contributed by atoms with van der Waals surface area (Å²) in [6, 6.07) is 13.2. The van der Waals surface area contributed by atoms with Gasteiger partial charge in [0.2, 0.25) is 0 Å². The Kier molecular flexibility index (Phi) is 6.99. The fourth-order valence-corrected chi connectivity index (χ4v) is 4.98. The third-order valence-corrected chi connectivity index (χ3v) is 6.92. The van der Waals surface area contributed by atoms with Gasteiger partial charge in [0.25, 0.3) is 0 Å². The number of aromatic nitrogens is 2. The zero-order chi connectivity index (χ0) is 26.8. The molecule has 38 heavy (non-hydrogen) atoms. The third-order valence-electron chi connectivity index (χ3n) is 6.92. The molecule has 8 nitrogen and oxygen atoms in total. The number of amides is 1. The summed E-state index contributed by atoms with van der Waals surface area (Å²) in [4.78, 5) is 24.2. The monoisotopic (exact) mass is 525 g/mol. The predicted octanol–water partition coefficient (Wildman–Crippen LogP) is 5.37. The quantitative estimate of drug-likeness (QED) is 0.388. The van der Waals surface area contributed by atoms with E-state index < -0.39 is 18.1 Å². The van der Waals surface area contributed by atoms with Crippen molar-refractivity contribution in [1.29, 1.82) is 0 Å². The van der Waals surface area contributed by atoms with Crippen LogP contribution in [0, 0.1) is 6.57 Å². The van der Waals surface area contributed by atoms with E-state index >= 15 is 0 Å². The molecule has 2 aromatic carbocycles. The van der Waals surface area contributed by atoms with Crippen molar-refractivity contribution in [1.82, 2.24) is 19.4 Å². The minimum absolute atomic E-state index is 0.148. The SMILES string of the molecule is [C-]#[N+]c1ccc(Cn2cncc2CN2CCC3(CC2)CN(Cc2cccc(OC(F)(F)F)c2)C(=O)O3)cc1. The highest BCUT2D eigenvalue weighted by molar-refractivity contribution is 5.70. The van der Waals surface area contributed by atoms with E-state index in [1.807, 2.05) is 30.5 Å². The molecule has 1 aromatic heterocycles. The van der Waals surface area contributed by atoms with E-state index in [0.29, 0.717) is 43.7 Å². The zero-order valence-electron chi connectivity index (χ0n) is 20.5. The lowest BCUT2D eigenvalue weighted by atomic mass is 9.91. The van der Waals surface area contributed by atoms with Gasteiger partial charge in [0.05, 0.1) is 25.1 Å². The first-order chi connectivity index (χ1) is 18.2. The molecule has 0 bridgehead atoms. The minimum Gasteiger partial charge on any atom is -0.441 e. The average molecular weight is 526 g/mol. The Bertz CT molecular complexity index is 1320. The lowest BCUT2D eigenvalue weighted by Gasteiger charge is -2.37. The molecule has 11 heteroatoms. The van der Waals surface area contributed by atoms with Crippen LogP contribution in [-0.4, -0.2) is 57.0 Å². The first-order valence-corrected chi connectivity index (χ1v) is 12.2. The van der Waals surface area contributed by atoms with Gasteiger partial charge in [0.1, 0.15) is 11.4 Å². The fraction of sp³-hybridized carbons (Fsp3) is 0.370. The Balaban J connectivity index is 1.15. The predicted molar refractivity (Wildman–Crippen MR) is 131 cm³/mol. The van der Waals surface area contributed by atoms with Gasteiger partial charge in [-0.1, -0.05) is 36.4 Å². The van der Waals surface area contributed by atoms with E-state index in [9.17, 15) is 18.0 Å². The van der Waals surface area contributed by atoms with Crippen LogP contribution in [0.5, 0.6) is 5.75 Å². The Morgan fingerprint density at radius 2 is 1.82 bits per heavy atom. The van der Waals surface area contributed by atoms with E-state index in [1.54, 1.807) is 12.4 Å². The number of likely N-dealkylation sites (tertiary alicyclic amines) is 1. The number of ether oxygens (including phenoxy) is 2. The molecular weight excluding hydrogens is 499 g/mol. The van der Waals surface area contributed by atoms with Gasteiger partial charge in [-0.3, -0.25) is 9.80 Å². The van der Waals surface area contributed by atoms with Crippen molar-refractivity contribution < 1.29 is 27.4 Å². The Morgan fingerprint density at radius 3 is 2.53 bits per heavy atom. The number of alkyl halides is 3. The van der Waals surface area contributed by atoms with Gasteiger partial charge in [-0.25, -0.2) is 14.6 Å². The first kappa shape index (κ1) is 25.6. The molecule has 0 N–H and O–H groups in total. The molecule has 2 fully saturated rings. The normalized spacial score (nSPS) is 17.4. The van der Waals surface area contributed by atoms with Crippen LogP contribution >= 0.6 is 0 Å². The number of carbonyl (C=O) groups is 1. The molecule has 198 valence electrons. The van der Waals surface area contributed by atoms with Crippen LogP contribution in [0.2, 0.25) is 0 Å². The summed E-state index contributed by atoms with van der Waals surface area (Å²) in [6.07, 6.45) is -0.244. The number of halogens is 3. The van der Waals surface area contributed by atoms with Crippen molar-refractivity contribution in [3.63, 3.8) is 0 Å². The van der Waals surface area contributed by atoms with Gasteiger partial charge >= 0.3 is 12.5 Å². The van der Waals surface area contributed by atoms with Crippen molar-refractivity contribution >= 4 is 11.8 Å². The highest BCUT2D eigenvalue weighted by Crippen LogP contribution is 2.35. The van der Waals surface area contributed by atoms with Crippen LogP contribution in [0.25, 0.3) is 4.85 Å². The van der Waals surface area contributed by atoms with E-state index in [2.05, 4.69) is 24.0 Å². The molecule has 3 heterocycles. The summed E-state index contributed by atoms with van der Waals surface area (Å²) in [7, 11) is 0. The molecule has 0 saturated carbocycles. The Hall–Kier alpha value is -4.04. The number of piperidine rings is 1. The number of imidazole rings is 1. The van der Waals surface area contributed by atoms with Crippen LogP contribution in [-0.2, 0) is 24.4 Å². The van der Waals surface area contributed by atoms with Crippen LogP contribution in [0.15, 0.2) is 61.1 Å². The van der Waals surface area contributed by atoms with Crippen molar-refractivity contribution in [2.24, 2.45) is 0 Å². The molecule has 5 rings (SSSR count). The number of hydrogen-bond donors (Lipinski definition) is 0. The van der Waals surface area contributed by atoms with Crippen molar-refractivity contribution in [3.05, 3.63) is 89.3 Å². The molecule has 0 unspecified atom stereocenters. The van der Waals surface area contributed by atoms with Crippen molar-refractivity contribution in [2.45, 2.75) is 44.4 Å². The molecule has 1 spiro atoms. The van der Waals surface area contributed by atoms with E-state index in [4.69, 9.17) is 11.3 Å². The molecule has 2 aliphatic rings. The number of benzene rings is 2. The maximum absolute atomic E-state index is 12.6. The van der Waals surface area contributed by atoms with Gasteiger partial charge < -0.3 is 14.0 Å². The number of carbonyl (C=O) groups excluding carboxylic acids is 1. The van der Waals surface area contributed by atoms with Gasteiger partial charge in [0.15, 0.2) is 5.69 Å². The third kappa shape index (κ3) is 6.08. The average Bonchev–Trinajstić information content (AvgIpc) is 3.43. The summed E-state index contributed by atoms with van der Waals surface area (Å²) >= 11 is 0. The largest absolute Gasteiger partial charge is 0.573 e. The number of nitrogens with zero attached hydrogens (tertiary/aromatic N) is 5. The second-order valence-electron chi connectivity index (χ2n) is 9.67. The molecule has 1 amide bonds. The molecule has 2 saturated heterocycles. The summed E-state index contributed by atoms with van der Waals surface area (Å²) in [5.74, 6) is -0.315. The number of hydrogen-bond acceptors (Lipinski definition) is 5. The van der Waals surface area contributed by atoms with Gasteiger partial charge in [-0.05, 0) is 23.3 Å². The first-order valence-electron chi connectivity index (χ1n) is 12.2. The van der Waals surface area contributed by atoms with E-state index in [-0.39, 0.29) is 12.3 Å². The Labute approximate surface area is 218 Å². The topological polar surface area (TPSA) is 64.2 Å². The maximum atomic E-state index is 12.6. The fourth-order valence-electron chi connectivity index (χ4n) is 4.98. The highest BCUT2D eigenvalue weighted by atomic mass is 19.4. The molecular formula is C27H26F3N5O3. The lowest BCUT2D eigenvalue weighted by molar-refractivity contribution is -0.274. The maximum Gasteiger partial charge on any atom is 0.573 e. The molecule has 2 aliphatic heterocycles. The van der Waals surface area contributed by atoms with E-state index in [0.717, 1.165) is 24.3 Å². The second kappa shape index (κ2) is 10.4. The molecule has 3 aromatic rings. The van der Waals surface area contributed by atoms with E-state index in [1.165, 1.54) is 23.1 Å². The smallest absolute Gasteiger partial charge is 0.441 e. The van der Waals surface area contributed by atoms with Gasteiger partial charge in [0, 0.05) is 51.8 Å². The van der Waals surface area contributed by atoms with Crippen molar-refractivity contribution in [3.8, 4) is 5.75 Å². The summed E-state index contributed by atoms with van der Waals surface area (Å²) in [6.45, 7) is 10.5. The number of rotatable bonds is 7.